The summed E-state index contributed by atoms with van der Waals surface area (Å²) in [5.74, 6) is -0.943. The molecule has 0 spiro atoms. The highest BCUT2D eigenvalue weighted by Crippen LogP contribution is 2.40. The number of pyridine rings is 1. The highest BCUT2D eigenvalue weighted by molar-refractivity contribution is 5.94. The Labute approximate surface area is 163 Å². The molecule has 150 valence electrons. The molecular formula is C20H17F4N5. The second kappa shape index (κ2) is 6.98. The van der Waals surface area contributed by atoms with Crippen molar-refractivity contribution in [2.45, 2.75) is 25.9 Å². The lowest BCUT2D eigenvalue weighted by atomic mass is 9.97. The molecule has 1 aromatic carbocycles. The Hall–Kier alpha value is -3.23. The van der Waals surface area contributed by atoms with Crippen LogP contribution in [0.15, 0.2) is 36.8 Å². The number of aromatic amines is 1. The Bertz CT molecular complexity index is 1190. The predicted molar refractivity (Wildman–Crippen MR) is 100 cm³/mol. The molecular weight excluding hydrogens is 386 g/mol. The molecule has 0 saturated heterocycles. The number of nitrogens with one attached hydrogen (secondary N) is 1. The summed E-state index contributed by atoms with van der Waals surface area (Å²) in [6.45, 7) is 1.83. The van der Waals surface area contributed by atoms with Crippen LogP contribution in [0, 0.1) is 5.82 Å². The van der Waals surface area contributed by atoms with Gasteiger partial charge in [0.15, 0.2) is 0 Å². The summed E-state index contributed by atoms with van der Waals surface area (Å²) in [7, 11) is 1.74. The van der Waals surface area contributed by atoms with Gasteiger partial charge >= 0.3 is 6.18 Å². The van der Waals surface area contributed by atoms with E-state index in [2.05, 4.69) is 20.3 Å². The molecule has 0 aliphatic carbocycles. The molecule has 9 heteroatoms. The van der Waals surface area contributed by atoms with E-state index in [9.17, 15) is 17.6 Å². The maximum absolute atomic E-state index is 14.8. The van der Waals surface area contributed by atoms with Crippen molar-refractivity contribution in [2.75, 3.05) is 0 Å². The van der Waals surface area contributed by atoms with E-state index < -0.39 is 23.1 Å². The maximum Gasteiger partial charge on any atom is 0.417 e. The van der Waals surface area contributed by atoms with E-state index in [-0.39, 0.29) is 5.69 Å². The lowest BCUT2D eigenvalue weighted by Crippen LogP contribution is -2.10. The fraction of sp³-hybridized carbons (Fsp3) is 0.250. The predicted octanol–water partition coefficient (Wildman–Crippen LogP) is 5.14. The van der Waals surface area contributed by atoms with E-state index in [1.165, 1.54) is 12.3 Å². The normalized spacial score (nSPS) is 12.1. The summed E-state index contributed by atoms with van der Waals surface area (Å²) < 4.78 is 57.5. The van der Waals surface area contributed by atoms with Gasteiger partial charge in [-0.15, -0.1) is 0 Å². The number of aryl methyl sites for hydroxylation is 2. The smallest absolute Gasteiger partial charge is 0.276 e. The van der Waals surface area contributed by atoms with Crippen LogP contribution in [0.1, 0.15) is 24.5 Å². The minimum atomic E-state index is -4.71. The van der Waals surface area contributed by atoms with E-state index in [0.717, 1.165) is 12.1 Å². The van der Waals surface area contributed by atoms with Crippen LogP contribution in [0.25, 0.3) is 33.4 Å². The minimum absolute atomic E-state index is 0.100. The van der Waals surface area contributed by atoms with Gasteiger partial charge in [0.25, 0.3) is 0 Å². The van der Waals surface area contributed by atoms with Gasteiger partial charge in [-0.2, -0.15) is 23.4 Å². The SMILES string of the molecule is CCCc1cc(F)c(-c2cc3c(-c4cnn(C)c4)n[nH]c3cn2)c(C(F)(F)F)c1. The van der Waals surface area contributed by atoms with Crippen LogP contribution in [0.5, 0.6) is 0 Å². The zero-order valence-electron chi connectivity index (χ0n) is 15.7. The molecule has 0 amide bonds. The zero-order chi connectivity index (χ0) is 20.8. The number of halogens is 4. The molecule has 0 unspecified atom stereocenters. The standard InChI is InChI=1S/C20H17F4N5/c1-3-4-11-5-14(20(22,23)24)18(15(21)6-11)16-7-13-17(9-25-16)27-28-19(13)12-8-26-29(2)10-12/h5-10H,3-4H2,1-2H3,(H,27,28). The van der Waals surface area contributed by atoms with E-state index in [0.29, 0.717) is 40.6 Å². The van der Waals surface area contributed by atoms with Crippen LogP contribution >= 0.6 is 0 Å². The highest BCUT2D eigenvalue weighted by Gasteiger charge is 2.36. The molecule has 0 bridgehead atoms. The summed E-state index contributed by atoms with van der Waals surface area (Å²) in [6.07, 6.45) is 0.952. The van der Waals surface area contributed by atoms with E-state index in [1.807, 2.05) is 6.92 Å². The number of H-pyrrole nitrogens is 1. The number of fused-ring (bicyclic) bond motifs is 1. The van der Waals surface area contributed by atoms with Gasteiger partial charge in [0.2, 0.25) is 0 Å². The van der Waals surface area contributed by atoms with Gasteiger partial charge in [0.05, 0.1) is 29.2 Å². The number of benzene rings is 1. The number of hydrogen-bond acceptors (Lipinski definition) is 3. The third-order valence-electron chi connectivity index (χ3n) is 4.68. The van der Waals surface area contributed by atoms with E-state index in [1.54, 1.807) is 24.1 Å². The molecule has 0 fully saturated rings. The van der Waals surface area contributed by atoms with Crippen LogP contribution < -0.4 is 0 Å². The summed E-state index contributed by atoms with van der Waals surface area (Å²) in [4.78, 5) is 4.07. The second-order valence-electron chi connectivity index (χ2n) is 6.84. The molecule has 29 heavy (non-hydrogen) atoms. The van der Waals surface area contributed by atoms with Gasteiger partial charge in [0, 0.05) is 29.8 Å². The minimum Gasteiger partial charge on any atom is -0.276 e. The van der Waals surface area contributed by atoms with Crippen LogP contribution in [-0.4, -0.2) is 25.0 Å². The molecule has 1 N–H and O–H groups in total. The molecule has 4 rings (SSSR count). The first kappa shape index (κ1) is 19.1. The second-order valence-corrected chi connectivity index (χ2v) is 6.84. The Morgan fingerprint density at radius 1 is 1.14 bits per heavy atom. The van der Waals surface area contributed by atoms with Gasteiger partial charge in [-0.3, -0.25) is 14.8 Å². The lowest BCUT2D eigenvalue weighted by Gasteiger charge is -2.15. The molecule has 0 aliphatic rings. The number of hydrogen-bond donors (Lipinski definition) is 1. The van der Waals surface area contributed by atoms with Gasteiger partial charge in [-0.1, -0.05) is 13.3 Å². The number of aromatic nitrogens is 5. The Kier molecular flexibility index (Phi) is 4.60. The van der Waals surface area contributed by atoms with Gasteiger partial charge in [-0.05, 0) is 30.2 Å². The van der Waals surface area contributed by atoms with Gasteiger partial charge in [-0.25, -0.2) is 4.39 Å². The van der Waals surface area contributed by atoms with Crippen molar-refractivity contribution in [2.24, 2.45) is 7.05 Å². The average molecular weight is 403 g/mol. The largest absolute Gasteiger partial charge is 0.417 e. The first-order valence-electron chi connectivity index (χ1n) is 9.01. The molecule has 0 atom stereocenters. The monoisotopic (exact) mass is 403 g/mol. The molecule has 0 radical (unpaired) electrons. The molecule has 0 saturated carbocycles. The third-order valence-corrected chi connectivity index (χ3v) is 4.68. The number of alkyl halides is 3. The fourth-order valence-electron chi connectivity index (χ4n) is 3.40. The van der Waals surface area contributed by atoms with Crippen LogP contribution in [0.3, 0.4) is 0 Å². The first-order chi connectivity index (χ1) is 13.8. The Balaban J connectivity index is 1.93. The number of nitrogens with zero attached hydrogens (tertiary/aromatic N) is 4. The summed E-state index contributed by atoms with van der Waals surface area (Å²) >= 11 is 0. The van der Waals surface area contributed by atoms with Crippen molar-refractivity contribution in [3.05, 3.63) is 53.7 Å². The maximum atomic E-state index is 14.8. The van der Waals surface area contributed by atoms with Crippen molar-refractivity contribution in [3.8, 4) is 22.5 Å². The van der Waals surface area contributed by atoms with Crippen LogP contribution in [0.2, 0.25) is 0 Å². The molecule has 4 aromatic rings. The van der Waals surface area contributed by atoms with E-state index >= 15 is 0 Å². The van der Waals surface area contributed by atoms with E-state index in [4.69, 9.17) is 0 Å². The van der Waals surface area contributed by atoms with Crippen LogP contribution in [-0.2, 0) is 19.6 Å². The topological polar surface area (TPSA) is 59.4 Å². The van der Waals surface area contributed by atoms with Gasteiger partial charge in [0.1, 0.15) is 11.5 Å². The van der Waals surface area contributed by atoms with Crippen molar-refractivity contribution >= 4 is 10.9 Å². The van der Waals surface area contributed by atoms with Crippen molar-refractivity contribution in [1.29, 1.82) is 0 Å². The van der Waals surface area contributed by atoms with Crippen LogP contribution in [0.4, 0.5) is 17.6 Å². The van der Waals surface area contributed by atoms with Gasteiger partial charge < -0.3 is 0 Å². The molecule has 3 aromatic heterocycles. The molecule has 3 heterocycles. The van der Waals surface area contributed by atoms with Crippen molar-refractivity contribution in [1.82, 2.24) is 25.0 Å². The summed E-state index contributed by atoms with van der Waals surface area (Å²) in [6, 6.07) is 3.58. The first-order valence-corrected chi connectivity index (χ1v) is 9.01. The number of rotatable bonds is 4. The summed E-state index contributed by atoms with van der Waals surface area (Å²) in [5.41, 5.74) is 0.346. The zero-order valence-corrected chi connectivity index (χ0v) is 15.7. The Morgan fingerprint density at radius 2 is 1.93 bits per heavy atom. The van der Waals surface area contributed by atoms with Crippen molar-refractivity contribution < 1.29 is 17.6 Å². The Morgan fingerprint density at radius 3 is 2.59 bits per heavy atom. The quantitative estimate of drug-likeness (QED) is 0.480. The lowest BCUT2D eigenvalue weighted by molar-refractivity contribution is -0.137. The summed E-state index contributed by atoms with van der Waals surface area (Å²) in [5, 5.41) is 11.6. The third kappa shape index (κ3) is 3.48. The van der Waals surface area contributed by atoms with Crippen molar-refractivity contribution in [3.63, 3.8) is 0 Å². The fourth-order valence-corrected chi connectivity index (χ4v) is 3.40. The molecule has 5 nitrogen and oxygen atoms in total. The highest BCUT2D eigenvalue weighted by atomic mass is 19.4. The average Bonchev–Trinajstić information content (AvgIpc) is 3.26. The molecule has 0 aliphatic heterocycles.